The third-order valence-electron chi connectivity index (χ3n) is 7.08. The number of hydrogen-bond acceptors (Lipinski definition) is 2. The predicted molar refractivity (Wildman–Crippen MR) is 121 cm³/mol. The van der Waals surface area contributed by atoms with Gasteiger partial charge in [-0.25, -0.2) is 4.39 Å². The average Bonchev–Trinajstić information content (AvgIpc) is 3.13. The van der Waals surface area contributed by atoms with E-state index in [1.807, 2.05) is 4.90 Å². The molecular weight excluding hydrogens is 391 g/mol. The van der Waals surface area contributed by atoms with E-state index >= 15 is 0 Å². The van der Waals surface area contributed by atoms with Crippen molar-refractivity contribution in [3.8, 4) is 0 Å². The van der Waals surface area contributed by atoms with Gasteiger partial charge < -0.3 is 19.7 Å². The number of rotatable bonds is 3. The van der Waals surface area contributed by atoms with Crippen LogP contribution in [0.25, 0.3) is 10.9 Å². The zero-order valence-corrected chi connectivity index (χ0v) is 18.3. The number of halogens is 1. The van der Waals surface area contributed by atoms with Gasteiger partial charge in [-0.15, -0.1) is 0 Å². The quantitative estimate of drug-likeness (QED) is 0.681. The fourth-order valence-electron chi connectivity index (χ4n) is 5.04. The SMILES string of the molecule is Cc1cccc(N2CC[NH+](CC(=O)N3CCc4[nH]c5ccc(F)cc5c4C3)CC2)c1C. The normalized spacial score (nSPS) is 17.3. The maximum atomic E-state index is 13.7. The molecule has 1 aromatic heterocycles. The number of quaternary nitrogens is 1. The predicted octanol–water partition coefficient (Wildman–Crippen LogP) is 2.21. The number of benzene rings is 2. The van der Waals surface area contributed by atoms with Crippen LogP contribution >= 0.6 is 0 Å². The number of anilines is 1. The molecule has 0 spiro atoms. The van der Waals surface area contributed by atoms with Crippen LogP contribution in [0.2, 0.25) is 0 Å². The number of H-pyrrole nitrogens is 1. The molecule has 31 heavy (non-hydrogen) atoms. The largest absolute Gasteiger partial charge is 0.360 e. The molecule has 3 aromatic rings. The van der Waals surface area contributed by atoms with Crippen molar-refractivity contribution in [1.29, 1.82) is 0 Å². The lowest BCUT2D eigenvalue weighted by atomic mass is 10.0. The Hall–Kier alpha value is -2.86. The zero-order chi connectivity index (χ0) is 21.5. The van der Waals surface area contributed by atoms with Crippen LogP contribution in [0, 0.1) is 19.7 Å². The number of aryl methyl sites for hydroxylation is 1. The minimum atomic E-state index is -0.232. The molecule has 5 rings (SSSR count). The summed E-state index contributed by atoms with van der Waals surface area (Å²) in [7, 11) is 0. The first-order chi connectivity index (χ1) is 15.0. The molecule has 0 bridgehead atoms. The zero-order valence-electron chi connectivity index (χ0n) is 18.3. The van der Waals surface area contributed by atoms with Crippen molar-refractivity contribution in [1.82, 2.24) is 9.88 Å². The maximum Gasteiger partial charge on any atom is 0.278 e. The number of nitrogens with one attached hydrogen (secondary N) is 2. The molecule has 1 amide bonds. The Balaban J connectivity index is 1.21. The Morgan fingerprint density at radius 2 is 1.94 bits per heavy atom. The number of fused-ring (bicyclic) bond motifs is 3. The minimum absolute atomic E-state index is 0.201. The second-order valence-electron chi connectivity index (χ2n) is 8.97. The summed E-state index contributed by atoms with van der Waals surface area (Å²) in [5, 5.41) is 0.905. The molecular formula is C25H30FN4O+. The molecule has 162 valence electrons. The summed E-state index contributed by atoms with van der Waals surface area (Å²) in [6, 6.07) is 11.3. The van der Waals surface area contributed by atoms with E-state index in [0.717, 1.165) is 61.3 Å². The van der Waals surface area contributed by atoms with Gasteiger partial charge in [0.05, 0.1) is 26.2 Å². The Morgan fingerprint density at radius 3 is 2.74 bits per heavy atom. The highest BCUT2D eigenvalue weighted by atomic mass is 19.1. The average molecular weight is 422 g/mol. The van der Waals surface area contributed by atoms with Crippen molar-refractivity contribution in [3.05, 3.63) is 64.6 Å². The number of amides is 1. The highest BCUT2D eigenvalue weighted by Crippen LogP contribution is 2.28. The van der Waals surface area contributed by atoms with E-state index in [0.29, 0.717) is 13.1 Å². The van der Waals surface area contributed by atoms with E-state index in [1.165, 1.54) is 27.8 Å². The molecule has 0 atom stereocenters. The summed E-state index contributed by atoms with van der Waals surface area (Å²) in [6.07, 6.45) is 0.799. The van der Waals surface area contributed by atoms with Gasteiger partial charge in [0.25, 0.3) is 5.91 Å². The van der Waals surface area contributed by atoms with Gasteiger partial charge in [0.1, 0.15) is 5.82 Å². The first kappa shape index (κ1) is 20.1. The first-order valence-electron chi connectivity index (χ1n) is 11.2. The van der Waals surface area contributed by atoms with Crippen molar-refractivity contribution in [3.63, 3.8) is 0 Å². The van der Waals surface area contributed by atoms with Gasteiger partial charge in [-0.05, 0) is 49.2 Å². The summed E-state index contributed by atoms with van der Waals surface area (Å²) in [5.41, 5.74) is 7.16. The summed E-state index contributed by atoms with van der Waals surface area (Å²) in [5.74, 6) is -0.0319. The highest BCUT2D eigenvalue weighted by molar-refractivity contribution is 5.86. The monoisotopic (exact) mass is 421 g/mol. The molecule has 0 saturated carbocycles. The molecule has 1 saturated heterocycles. The smallest absolute Gasteiger partial charge is 0.278 e. The van der Waals surface area contributed by atoms with E-state index in [9.17, 15) is 9.18 Å². The molecule has 2 aliphatic rings. The Morgan fingerprint density at radius 1 is 1.13 bits per heavy atom. The minimum Gasteiger partial charge on any atom is -0.360 e. The van der Waals surface area contributed by atoms with Gasteiger partial charge in [-0.2, -0.15) is 0 Å². The molecule has 0 aliphatic carbocycles. The van der Waals surface area contributed by atoms with Crippen molar-refractivity contribution in [2.24, 2.45) is 0 Å². The van der Waals surface area contributed by atoms with Gasteiger partial charge in [0.2, 0.25) is 0 Å². The van der Waals surface area contributed by atoms with Crippen LogP contribution in [0.5, 0.6) is 0 Å². The number of hydrogen-bond donors (Lipinski definition) is 2. The second kappa shape index (κ2) is 8.00. The van der Waals surface area contributed by atoms with Gasteiger partial charge in [0.15, 0.2) is 6.54 Å². The number of aromatic nitrogens is 1. The lowest BCUT2D eigenvalue weighted by molar-refractivity contribution is -0.892. The van der Waals surface area contributed by atoms with E-state index < -0.39 is 0 Å². The van der Waals surface area contributed by atoms with Crippen LogP contribution in [-0.4, -0.2) is 55.1 Å². The van der Waals surface area contributed by atoms with Crippen molar-refractivity contribution in [2.75, 3.05) is 44.2 Å². The maximum absolute atomic E-state index is 13.7. The lowest BCUT2D eigenvalue weighted by Crippen LogP contribution is -3.15. The summed E-state index contributed by atoms with van der Waals surface area (Å²) in [6.45, 7) is 10.1. The van der Waals surface area contributed by atoms with Crippen molar-refractivity contribution >= 4 is 22.5 Å². The van der Waals surface area contributed by atoms with Crippen LogP contribution < -0.4 is 9.80 Å². The Labute approximate surface area is 182 Å². The molecule has 5 nitrogen and oxygen atoms in total. The molecule has 3 heterocycles. The number of piperazine rings is 1. The summed E-state index contributed by atoms with van der Waals surface area (Å²) >= 11 is 0. The van der Waals surface area contributed by atoms with Crippen molar-refractivity contribution in [2.45, 2.75) is 26.8 Å². The first-order valence-corrected chi connectivity index (χ1v) is 11.2. The highest BCUT2D eigenvalue weighted by Gasteiger charge is 2.29. The molecule has 0 unspecified atom stereocenters. The van der Waals surface area contributed by atoms with Crippen LogP contribution in [0.3, 0.4) is 0 Å². The number of carbonyl (C=O) groups excluding carboxylic acids is 1. The number of aromatic amines is 1. The third-order valence-corrected chi connectivity index (χ3v) is 7.08. The van der Waals surface area contributed by atoms with Gasteiger partial charge in [-0.1, -0.05) is 12.1 Å². The molecule has 6 heteroatoms. The molecule has 2 N–H and O–H groups in total. The van der Waals surface area contributed by atoms with Crippen LogP contribution in [-0.2, 0) is 17.8 Å². The van der Waals surface area contributed by atoms with Crippen LogP contribution in [0.1, 0.15) is 22.4 Å². The lowest BCUT2D eigenvalue weighted by Gasteiger charge is -2.35. The van der Waals surface area contributed by atoms with Gasteiger partial charge in [0, 0.05) is 47.4 Å². The molecule has 1 fully saturated rings. The summed E-state index contributed by atoms with van der Waals surface area (Å²) in [4.78, 5) is 22.2. The number of nitrogens with zero attached hydrogens (tertiary/aromatic N) is 2. The number of carbonyl (C=O) groups is 1. The van der Waals surface area contributed by atoms with Crippen molar-refractivity contribution < 1.29 is 14.1 Å². The Bertz CT molecular complexity index is 1130. The summed E-state index contributed by atoms with van der Waals surface area (Å²) < 4.78 is 13.7. The second-order valence-corrected chi connectivity index (χ2v) is 8.97. The third kappa shape index (κ3) is 3.81. The standard InChI is InChI=1S/C25H29FN4O/c1-17-4-3-5-24(18(17)2)29-12-10-28(11-13-29)16-25(31)30-9-8-23-21(15-30)20-14-19(26)6-7-22(20)27-23/h3-7,14,27H,8-13,15-16H2,1-2H3/p+1. The molecule has 2 aromatic carbocycles. The van der Waals surface area contributed by atoms with Gasteiger partial charge >= 0.3 is 0 Å². The van der Waals surface area contributed by atoms with E-state index in [1.54, 1.807) is 12.1 Å². The Kier molecular flexibility index (Phi) is 5.18. The van der Waals surface area contributed by atoms with Crippen LogP contribution in [0.15, 0.2) is 36.4 Å². The van der Waals surface area contributed by atoms with Gasteiger partial charge in [-0.3, -0.25) is 4.79 Å². The van der Waals surface area contributed by atoms with Crippen LogP contribution in [0.4, 0.5) is 10.1 Å². The fraction of sp³-hybridized carbons (Fsp3) is 0.400. The molecule has 0 radical (unpaired) electrons. The topological polar surface area (TPSA) is 43.8 Å². The van der Waals surface area contributed by atoms with E-state index in [-0.39, 0.29) is 11.7 Å². The molecule has 2 aliphatic heterocycles. The van der Waals surface area contributed by atoms with E-state index in [4.69, 9.17) is 0 Å². The fourth-order valence-corrected chi connectivity index (χ4v) is 5.04. The van der Waals surface area contributed by atoms with E-state index in [2.05, 4.69) is 41.9 Å².